The third-order valence-corrected chi connectivity index (χ3v) is 3.75. The average molecular weight is 240 g/mol. The van der Waals surface area contributed by atoms with Crippen molar-refractivity contribution in [2.45, 2.75) is 72.0 Å². The first kappa shape index (κ1) is 14.5. The molecule has 0 bridgehead atoms. The summed E-state index contributed by atoms with van der Waals surface area (Å²) in [5, 5.41) is 3.35. The molecule has 0 saturated carbocycles. The molecule has 1 aliphatic heterocycles. The smallest absolute Gasteiger partial charge is 0.240 e. The van der Waals surface area contributed by atoms with Crippen LogP contribution >= 0.6 is 0 Å². The number of likely N-dealkylation sites (tertiary alicyclic amines) is 1. The second-order valence-electron chi connectivity index (χ2n) is 5.79. The van der Waals surface area contributed by atoms with Crippen molar-refractivity contribution in [1.29, 1.82) is 0 Å². The molecule has 1 heterocycles. The first-order valence-corrected chi connectivity index (χ1v) is 7.02. The van der Waals surface area contributed by atoms with Crippen LogP contribution in [0, 0.1) is 5.92 Å². The number of hydrogen-bond acceptors (Lipinski definition) is 2. The second-order valence-corrected chi connectivity index (χ2v) is 5.79. The fourth-order valence-electron chi connectivity index (χ4n) is 2.57. The van der Waals surface area contributed by atoms with E-state index in [1.54, 1.807) is 0 Å². The maximum absolute atomic E-state index is 12.2. The molecule has 0 aromatic rings. The number of rotatable bonds is 6. The van der Waals surface area contributed by atoms with Gasteiger partial charge in [-0.2, -0.15) is 0 Å². The van der Waals surface area contributed by atoms with Gasteiger partial charge in [0.1, 0.15) is 0 Å². The Morgan fingerprint density at radius 2 is 2.00 bits per heavy atom. The van der Waals surface area contributed by atoms with E-state index < -0.39 is 0 Å². The van der Waals surface area contributed by atoms with E-state index in [0.717, 1.165) is 19.4 Å². The average Bonchev–Trinajstić information content (AvgIpc) is 2.59. The standard InChI is InChI=1S/C14H28N2O/c1-6-11(4)9-12(5)16-8-7-13(14(16)17)15-10(2)3/h10-13,15H,6-9H2,1-5H3. The van der Waals surface area contributed by atoms with Crippen LogP contribution < -0.4 is 5.32 Å². The van der Waals surface area contributed by atoms with E-state index in [1.807, 2.05) is 0 Å². The molecule has 1 fully saturated rings. The Kier molecular flexibility index (Phi) is 5.44. The fraction of sp³-hybridized carbons (Fsp3) is 0.929. The SMILES string of the molecule is CCC(C)CC(C)N1CCC(NC(C)C)C1=O. The predicted octanol–water partition coefficient (Wildman–Crippen LogP) is 2.41. The molecule has 3 atom stereocenters. The van der Waals surface area contributed by atoms with Crippen molar-refractivity contribution in [3.05, 3.63) is 0 Å². The number of carbonyl (C=O) groups excluding carboxylic acids is 1. The Labute approximate surface area is 106 Å². The van der Waals surface area contributed by atoms with Gasteiger partial charge in [-0.05, 0) is 25.7 Å². The largest absolute Gasteiger partial charge is 0.339 e. The lowest BCUT2D eigenvalue weighted by molar-refractivity contribution is -0.131. The van der Waals surface area contributed by atoms with Crippen LogP contribution in [0.3, 0.4) is 0 Å². The van der Waals surface area contributed by atoms with Crippen LogP contribution in [-0.4, -0.2) is 35.5 Å². The van der Waals surface area contributed by atoms with Crippen molar-refractivity contribution in [3.63, 3.8) is 0 Å². The number of amides is 1. The summed E-state index contributed by atoms with van der Waals surface area (Å²) in [4.78, 5) is 14.3. The van der Waals surface area contributed by atoms with E-state index in [4.69, 9.17) is 0 Å². The van der Waals surface area contributed by atoms with Crippen molar-refractivity contribution in [3.8, 4) is 0 Å². The minimum Gasteiger partial charge on any atom is -0.339 e. The van der Waals surface area contributed by atoms with Crippen molar-refractivity contribution >= 4 is 5.91 Å². The van der Waals surface area contributed by atoms with Gasteiger partial charge in [0.25, 0.3) is 0 Å². The monoisotopic (exact) mass is 240 g/mol. The van der Waals surface area contributed by atoms with Gasteiger partial charge < -0.3 is 10.2 Å². The number of carbonyl (C=O) groups is 1. The zero-order chi connectivity index (χ0) is 13.0. The Hall–Kier alpha value is -0.570. The van der Waals surface area contributed by atoms with Gasteiger partial charge in [-0.1, -0.05) is 34.1 Å². The van der Waals surface area contributed by atoms with E-state index in [-0.39, 0.29) is 6.04 Å². The van der Waals surface area contributed by atoms with Crippen LogP contribution in [0.25, 0.3) is 0 Å². The molecule has 1 amide bonds. The Bertz CT molecular complexity index is 253. The third kappa shape index (κ3) is 3.98. The summed E-state index contributed by atoms with van der Waals surface area (Å²) in [5.41, 5.74) is 0. The van der Waals surface area contributed by atoms with E-state index in [9.17, 15) is 4.79 Å². The molecule has 0 aromatic carbocycles. The molecular formula is C14H28N2O. The van der Waals surface area contributed by atoms with Crippen LogP contribution in [0.1, 0.15) is 53.9 Å². The summed E-state index contributed by atoms with van der Waals surface area (Å²) < 4.78 is 0. The van der Waals surface area contributed by atoms with Crippen molar-refractivity contribution in [2.24, 2.45) is 5.92 Å². The van der Waals surface area contributed by atoms with Crippen molar-refractivity contribution in [2.75, 3.05) is 6.54 Å². The highest BCUT2D eigenvalue weighted by Crippen LogP contribution is 2.20. The highest BCUT2D eigenvalue weighted by molar-refractivity contribution is 5.84. The lowest BCUT2D eigenvalue weighted by Gasteiger charge is -2.27. The maximum atomic E-state index is 12.2. The molecule has 1 rings (SSSR count). The summed E-state index contributed by atoms with van der Waals surface area (Å²) in [5.74, 6) is 1.00. The zero-order valence-electron chi connectivity index (χ0n) is 12.0. The predicted molar refractivity (Wildman–Crippen MR) is 71.9 cm³/mol. The van der Waals surface area contributed by atoms with Gasteiger partial charge in [0.2, 0.25) is 5.91 Å². The molecule has 17 heavy (non-hydrogen) atoms. The van der Waals surface area contributed by atoms with Crippen LogP contribution in [0.2, 0.25) is 0 Å². The molecule has 0 radical (unpaired) electrons. The summed E-state index contributed by atoms with van der Waals surface area (Å²) in [6, 6.07) is 0.819. The summed E-state index contributed by atoms with van der Waals surface area (Å²) in [7, 11) is 0. The summed E-state index contributed by atoms with van der Waals surface area (Å²) in [6.45, 7) is 11.8. The highest BCUT2D eigenvalue weighted by atomic mass is 16.2. The number of hydrogen-bond donors (Lipinski definition) is 1. The molecule has 1 saturated heterocycles. The van der Waals surface area contributed by atoms with Gasteiger partial charge in [0, 0.05) is 18.6 Å². The number of nitrogens with zero attached hydrogens (tertiary/aromatic N) is 1. The van der Waals surface area contributed by atoms with Crippen LogP contribution in [0.5, 0.6) is 0 Å². The summed E-state index contributed by atoms with van der Waals surface area (Å²) in [6.07, 6.45) is 3.28. The lowest BCUT2D eigenvalue weighted by atomic mass is 9.99. The Morgan fingerprint density at radius 3 is 2.53 bits per heavy atom. The van der Waals surface area contributed by atoms with Crippen LogP contribution in [-0.2, 0) is 4.79 Å². The maximum Gasteiger partial charge on any atom is 0.240 e. The molecule has 1 N–H and O–H groups in total. The van der Waals surface area contributed by atoms with Crippen molar-refractivity contribution in [1.82, 2.24) is 10.2 Å². The first-order valence-electron chi connectivity index (χ1n) is 7.02. The molecule has 3 nitrogen and oxygen atoms in total. The molecule has 0 spiro atoms. The minimum atomic E-state index is 0.0504. The number of nitrogens with one attached hydrogen (secondary N) is 1. The second kappa shape index (κ2) is 6.39. The van der Waals surface area contributed by atoms with Gasteiger partial charge in [0.15, 0.2) is 0 Å². The van der Waals surface area contributed by atoms with E-state index in [2.05, 4.69) is 44.8 Å². The molecule has 100 valence electrons. The van der Waals surface area contributed by atoms with Gasteiger partial charge in [-0.3, -0.25) is 4.79 Å². The van der Waals surface area contributed by atoms with Gasteiger partial charge in [-0.15, -0.1) is 0 Å². The molecule has 3 unspecified atom stereocenters. The van der Waals surface area contributed by atoms with Crippen molar-refractivity contribution < 1.29 is 4.79 Å². The van der Waals surface area contributed by atoms with E-state index in [1.165, 1.54) is 6.42 Å². The minimum absolute atomic E-state index is 0.0504. The topological polar surface area (TPSA) is 32.3 Å². The van der Waals surface area contributed by atoms with Gasteiger partial charge in [0.05, 0.1) is 6.04 Å². The van der Waals surface area contributed by atoms with Gasteiger partial charge in [-0.25, -0.2) is 0 Å². The van der Waals surface area contributed by atoms with Crippen LogP contribution in [0.4, 0.5) is 0 Å². The quantitative estimate of drug-likeness (QED) is 0.773. The highest BCUT2D eigenvalue weighted by Gasteiger charge is 2.34. The molecule has 0 aromatic heterocycles. The van der Waals surface area contributed by atoms with E-state index >= 15 is 0 Å². The molecule has 0 aliphatic carbocycles. The molecule has 3 heteroatoms. The van der Waals surface area contributed by atoms with Gasteiger partial charge >= 0.3 is 0 Å². The molecule has 1 aliphatic rings. The Morgan fingerprint density at radius 1 is 1.35 bits per heavy atom. The van der Waals surface area contributed by atoms with Crippen LogP contribution in [0.15, 0.2) is 0 Å². The lowest BCUT2D eigenvalue weighted by Crippen LogP contribution is -2.44. The Balaban J connectivity index is 2.48. The first-order chi connectivity index (χ1) is 7.95. The third-order valence-electron chi connectivity index (χ3n) is 3.75. The van der Waals surface area contributed by atoms with E-state index in [0.29, 0.717) is 23.9 Å². The zero-order valence-corrected chi connectivity index (χ0v) is 12.0. The summed E-state index contributed by atoms with van der Waals surface area (Å²) >= 11 is 0. The fourth-order valence-corrected chi connectivity index (χ4v) is 2.57. The normalized spacial score (nSPS) is 24.5. The molecular weight excluding hydrogens is 212 g/mol.